The number of aromatic nitrogens is 1. The molecule has 5 heteroatoms. The van der Waals surface area contributed by atoms with Gasteiger partial charge in [-0.25, -0.2) is 4.98 Å². The SMILES string of the molecule is CCc1ccc(Cc2cnc(NC(=O)c3ccc(OC(C)C)cc3)s2)cc1. The van der Waals surface area contributed by atoms with Crippen LogP contribution in [0.5, 0.6) is 5.75 Å². The van der Waals surface area contributed by atoms with Gasteiger partial charge in [0, 0.05) is 23.1 Å². The second-order valence-electron chi connectivity index (χ2n) is 6.62. The van der Waals surface area contributed by atoms with Crippen LogP contribution in [0.4, 0.5) is 5.13 Å². The first-order chi connectivity index (χ1) is 13.0. The molecule has 0 atom stereocenters. The van der Waals surface area contributed by atoms with Crippen molar-refractivity contribution >= 4 is 22.4 Å². The van der Waals surface area contributed by atoms with E-state index < -0.39 is 0 Å². The summed E-state index contributed by atoms with van der Waals surface area (Å²) in [5.41, 5.74) is 3.16. The molecule has 4 nitrogen and oxygen atoms in total. The monoisotopic (exact) mass is 380 g/mol. The highest BCUT2D eigenvalue weighted by Crippen LogP contribution is 2.22. The van der Waals surface area contributed by atoms with Crippen molar-refractivity contribution in [1.29, 1.82) is 0 Å². The maximum absolute atomic E-state index is 12.4. The molecular formula is C22H24N2O2S. The van der Waals surface area contributed by atoms with E-state index in [2.05, 4.69) is 41.5 Å². The van der Waals surface area contributed by atoms with E-state index in [9.17, 15) is 4.79 Å². The second-order valence-corrected chi connectivity index (χ2v) is 7.74. The molecule has 0 aliphatic heterocycles. The average Bonchev–Trinajstić information content (AvgIpc) is 3.09. The fraction of sp³-hybridized carbons (Fsp3) is 0.273. The predicted octanol–water partition coefficient (Wildman–Crippen LogP) is 5.34. The molecule has 2 aromatic carbocycles. The van der Waals surface area contributed by atoms with Crippen LogP contribution in [-0.4, -0.2) is 17.0 Å². The van der Waals surface area contributed by atoms with E-state index in [1.165, 1.54) is 22.5 Å². The first-order valence-electron chi connectivity index (χ1n) is 9.14. The van der Waals surface area contributed by atoms with Gasteiger partial charge in [-0.05, 0) is 55.7 Å². The number of aryl methyl sites for hydroxylation is 1. The zero-order chi connectivity index (χ0) is 19.2. The summed E-state index contributed by atoms with van der Waals surface area (Å²) >= 11 is 1.50. The standard InChI is InChI=1S/C22H24N2O2S/c1-4-16-5-7-17(8-6-16)13-20-14-23-22(27-20)24-21(25)18-9-11-19(12-10-18)26-15(2)3/h5-12,14-15H,4,13H2,1-3H3,(H,23,24,25). The van der Waals surface area contributed by atoms with Gasteiger partial charge in [0.05, 0.1) is 6.10 Å². The van der Waals surface area contributed by atoms with Crippen molar-refractivity contribution in [2.24, 2.45) is 0 Å². The van der Waals surface area contributed by atoms with Crippen molar-refractivity contribution in [2.45, 2.75) is 39.7 Å². The van der Waals surface area contributed by atoms with Gasteiger partial charge >= 0.3 is 0 Å². The Morgan fingerprint density at radius 2 is 1.74 bits per heavy atom. The number of ether oxygens (including phenoxy) is 1. The fourth-order valence-corrected chi connectivity index (χ4v) is 3.51. The second kappa shape index (κ2) is 8.82. The third kappa shape index (κ3) is 5.41. The van der Waals surface area contributed by atoms with Crippen molar-refractivity contribution < 1.29 is 9.53 Å². The van der Waals surface area contributed by atoms with Crippen LogP contribution < -0.4 is 10.1 Å². The topological polar surface area (TPSA) is 51.2 Å². The molecular weight excluding hydrogens is 356 g/mol. The number of nitrogens with zero attached hydrogens (tertiary/aromatic N) is 1. The Labute approximate surface area is 164 Å². The maximum atomic E-state index is 12.4. The lowest BCUT2D eigenvalue weighted by atomic mass is 10.1. The lowest BCUT2D eigenvalue weighted by molar-refractivity contribution is 0.102. The van der Waals surface area contributed by atoms with Gasteiger partial charge in [-0.1, -0.05) is 31.2 Å². The molecule has 1 amide bonds. The van der Waals surface area contributed by atoms with Gasteiger partial charge in [0.15, 0.2) is 5.13 Å². The van der Waals surface area contributed by atoms with Crippen LogP contribution in [0.15, 0.2) is 54.7 Å². The predicted molar refractivity (Wildman–Crippen MR) is 111 cm³/mol. The van der Waals surface area contributed by atoms with Crippen molar-refractivity contribution in [1.82, 2.24) is 4.98 Å². The van der Waals surface area contributed by atoms with Crippen LogP contribution >= 0.6 is 11.3 Å². The van der Waals surface area contributed by atoms with Gasteiger partial charge in [-0.3, -0.25) is 10.1 Å². The average molecular weight is 381 g/mol. The van der Waals surface area contributed by atoms with Crippen molar-refractivity contribution in [2.75, 3.05) is 5.32 Å². The Morgan fingerprint density at radius 1 is 1.07 bits per heavy atom. The number of anilines is 1. The van der Waals surface area contributed by atoms with E-state index in [1.54, 1.807) is 12.1 Å². The van der Waals surface area contributed by atoms with Crippen molar-refractivity contribution in [3.8, 4) is 5.75 Å². The molecule has 1 N–H and O–H groups in total. The fourth-order valence-electron chi connectivity index (χ4n) is 2.67. The molecule has 0 aliphatic rings. The smallest absolute Gasteiger partial charge is 0.257 e. The quantitative estimate of drug-likeness (QED) is 0.602. The lowest BCUT2D eigenvalue weighted by Crippen LogP contribution is -2.11. The number of thiazole rings is 1. The minimum atomic E-state index is -0.167. The zero-order valence-corrected chi connectivity index (χ0v) is 16.7. The molecule has 1 aromatic heterocycles. The number of hydrogen-bond donors (Lipinski definition) is 1. The molecule has 3 rings (SSSR count). The molecule has 0 saturated carbocycles. The molecule has 0 aliphatic carbocycles. The molecule has 0 radical (unpaired) electrons. The molecule has 0 bridgehead atoms. The summed E-state index contributed by atoms with van der Waals surface area (Å²) in [6.45, 7) is 6.09. The van der Waals surface area contributed by atoms with Gasteiger partial charge in [-0.15, -0.1) is 11.3 Å². The summed E-state index contributed by atoms with van der Waals surface area (Å²) in [7, 11) is 0. The highest BCUT2D eigenvalue weighted by molar-refractivity contribution is 7.15. The summed E-state index contributed by atoms with van der Waals surface area (Å²) in [5, 5.41) is 3.48. The van der Waals surface area contributed by atoms with Crippen LogP contribution in [0.2, 0.25) is 0 Å². The number of amides is 1. The molecule has 140 valence electrons. The molecule has 0 spiro atoms. The molecule has 0 saturated heterocycles. The number of benzene rings is 2. The van der Waals surface area contributed by atoms with Gasteiger partial charge < -0.3 is 4.74 Å². The minimum absolute atomic E-state index is 0.108. The minimum Gasteiger partial charge on any atom is -0.491 e. The van der Waals surface area contributed by atoms with Crippen LogP contribution in [0.25, 0.3) is 0 Å². The van der Waals surface area contributed by atoms with Crippen LogP contribution in [0.1, 0.15) is 47.1 Å². The number of rotatable bonds is 7. The van der Waals surface area contributed by atoms with Gasteiger partial charge in [0.2, 0.25) is 0 Å². The van der Waals surface area contributed by atoms with Crippen LogP contribution in [0.3, 0.4) is 0 Å². The largest absolute Gasteiger partial charge is 0.491 e. The number of nitrogens with one attached hydrogen (secondary N) is 1. The van der Waals surface area contributed by atoms with E-state index >= 15 is 0 Å². The number of carbonyl (C=O) groups excluding carboxylic acids is 1. The van der Waals surface area contributed by atoms with Crippen LogP contribution in [0, 0.1) is 0 Å². The van der Waals surface area contributed by atoms with E-state index in [0.29, 0.717) is 10.7 Å². The van der Waals surface area contributed by atoms with Gasteiger partial charge in [0.1, 0.15) is 5.75 Å². The normalized spacial score (nSPS) is 10.8. The maximum Gasteiger partial charge on any atom is 0.257 e. The Balaban J connectivity index is 1.60. The number of hydrogen-bond acceptors (Lipinski definition) is 4. The summed E-state index contributed by atoms with van der Waals surface area (Å²) < 4.78 is 5.60. The molecule has 1 heterocycles. The zero-order valence-electron chi connectivity index (χ0n) is 15.9. The summed E-state index contributed by atoms with van der Waals surface area (Å²) in [6, 6.07) is 15.8. The van der Waals surface area contributed by atoms with Crippen molar-refractivity contribution in [3.05, 3.63) is 76.3 Å². The first kappa shape index (κ1) is 19.1. The summed E-state index contributed by atoms with van der Waals surface area (Å²) in [4.78, 5) is 17.9. The van der Waals surface area contributed by atoms with Crippen LogP contribution in [-0.2, 0) is 12.8 Å². The Hall–Kier alpha value is -2.66. The highest BCUT2D eigenvalue weighted by Gasteiger charge is 2.10. The Kier molecular flexibility index (Phi) is 6.24. The van der Waals surface area contributed by atoms with Crippen molar-refractivity contribution in [3.63, 3.8) is 0 Å². The third-order valence-electron chi connectivity index (χ3n) is 4.07. The van der Waals surface area contributed by atoms with Gasteiger partial charge in [-0.2, -0.15) is 0 Å². The van der Waals surface area contributed by atoms with E-state index in [1.807, 2.05) is 32.2 Å². The molecule has 3 aromatic rings. The third-order valence-corrected chi connectivity index (χ3v) is 4.98. The summed E-state index contributed by atoms with van der Waals surface area (Å²) in [6.07, 6.45) is 3.80. The Morgan fingerprint density at radius 3 is 2.37 bits per heavy atom. The summed E-state index contributed by atoms with van der Waals surface area (Å²) in [5.74, 6) is 0.589. The number of carbonyl (C=O) groups is 1. The Bertz CT molecular complexity index is 883. The highest BCUT2D eigenvalue weighted by atomic mass is 32.1. The van der Waals surface area contributed by atoms with E-state index in [-0.39, 0.29) is 12.0 Å². The lowest BCUT2D eigenvalue weighted by Gasteiger charge is -2.09. The van der Waals surface area contributed by atoms with Gasteiger partial charge in [0.25, 0.3) is 5.91 Å². The van der Waals surface area contributed by atoms with E-state index in [0.717, 1.165) is 23.5 Å². The molecule has 0 unspecified atom stereocenters. The first-order valence-corrected chi connectivity index (χ1v) is 9.95. The molecule has 0 fully saturated rings. The van der Waals surface area contributed by atoms with E-state index in [4.69, 9.17) is 4.74 Å². The molecule has 27 heavy (non-hydrogen) atoms.